The molecule has 0 aliphatic carbocycles. The van der Waals surface area contributed by atoms with E-state index in [4.69, 9.17) is 4.99 Å². The molecule has 0 spiro atoms. The third kappa shape index (κ3) is 6.24. The summed E-state index contributed by atoms with van der Waals surface area (Å²) < 4.78 is 2.16. The van der Waals surface area contributed by atoms with Crippen LogP contribution in [0.5, 0.6) is 0 Å². The number of hydrogen-bond acceptors (Lipinski definition) is 3. The van der Waals surface area contributed by atoms with Crippen LogP contribution in [-0.2, 0) is 6.42 Å². The van der Waals surface area contributed by atoms with Gasteiger partial charge in [0.05, 0.1) is 13.1 Å². The molecule has 0 amide bonds. The average molecular weight is 669 g/mol. The van der Waals surface area contributed by atoms with Crippen LogP contribution in [0.4, 0.5) is 0 Å². The fraction of sp³-hybridized carbons (Fsp3) is 0.156. The first-order valence-electron chi connectivity index (χ1n) is 17.9. The van der Waals surface area contributed by atoms with E-state index >= 15 is 0 Å². The third-order valence-corrected chi connectivity index (χ3v) is 11.9. The summed E-state index contributed by atoms with van der Waals surface area (Å²) in [4.78, 5) is 19.2. The van der Waals surface area contributed by atoms with E-state index in [1.807, 2.05) is 24.3 Å². The average Bonchev–Trinajstić information content (AvgIpc) is 3.60. The minimum Gasteiger partial charge on any atom is -0.290 e. The lowest BCUT2D eigenvalue weighted by Gasteiger charge is -2.44. The van der Waals surface area contributed by atoms with Gasteiger partial charge in [-0.1, -0.05) is 140 Å². The molecule has 7 aromatic rings. The van der Waals surface area contributed by atoms with Gasteiger partial charge in [0.2, 0.25) is 0 Å². The zero-order valence-electron chi connectivity index (χ0n) is 28.2. The number of rotatable bonds is 6. The first-order valence-corrected chi connectivity index (χ1v) is 18.7. The molecule has 2 aliphatic rings. The molecule has 6 aromatic carbocycles. The van der Waals surface area contributed by atoms with Gasteiger partial charge < -0.3 is 0 Å². The molecule has 0 bridgehead atoms. The van der Waals surface area contributed by atoms with Gasteiger partial charge in [0.1, 0.15) is 6.15 Å². The van der Waals surface area contributed by atoms with Gasteiger partial charge in [0, 0.05) is 45.5 Å². The highest BCUT2D eigenvalue weighted by atomic mass is 32.1. The molecule has 3 nitrogen and oxygen atoms in total. The van der Waals surface area contributed by atoms with Crippen molar-refractivity contribution in [2.75, 3.05) is 19.6 Å². The van der Waals surface area contributed by atoms with E-state index in [-0.39, 0.29) is 5.43 Å². The Hall–Kier alpha value is -5.10. The van der Waals surface area contributed by atoms with Crippen molar-refractivity contribution in [3.63, 3.8) is 0 Å². The van der Waals surface area contributed by atoms with Crippen molar-refractivity contribution < 1.29 is 4.90 Å². The molecule has 3 heterocycles. The summed E-state index contributed by atoms with van der Waals surface area (Å²) in [5.74, 6) is 2.04. The maximum Gasteiger partial charge on any atom is 0.197 e. The largest absolute Gasteiger partial charge is 0.290 e. The molecule has 2 unspecified atom stereocenters. The molecular weight excluding hydrogens is 627 g/mol. The van der Waals surface area contributed by atoms with Crippen LogP contribution in [0.15, 0.2) is 174 Å². The van der Waals surface area contributed by atoms with E-state index in [0.29, 0.717) is 5.92 Å². The van der Waals surface area contributed by atoms with Gasteiger partial charge in [-0.3, -0.25) is 9.69 Å². The molecule has 246 valence electrons. The predicted octanol–water partition coefficient (Wildman–Crippen LogP) is 5.73. The lowest BCUT2D eigenvalue weighted by molar-refractivity contribution is -0.803. The van der Waals surface area contributed by atoms with Crippen molar-refractivity contribution >= 4 is 65.3 Å². The second-order valence-corrected chi connectivity index (χ2v) is 14.9. The second-order valence-electron chi connectivity index (χ2n) is 13.8. The third-order valence-electron chi connectivity index (χ3n) is 10.7. The molecule has 2 atom stereocenters. The molecule has 0 radical (unpaired) electrons. The van der Waals surface area contributed by atoms with Crippen molar-refractivity contribution in [3.8, 4) is 0 Å². The van der Waals surface area contributed by atoms with Crippen molar-refractivity contribution in [3.05, 3.63) is 180 Å². The molecule has 1 aromatic heterocycles. The number of benzene rings is 6. The van der Waals surface area contributed by atoms with Gasteiger partial charge >= 0.3 is 0 Å². The maximum absolute atomic E-state index is 12.9. The normalized spacial score (nSPS) is 17.1. The predicted molar refractivity (Wildman–Crippen MR) is 215 cm³/mol. The van der Waals surface area contributed by atoms with E-state index in [1.54, 1.807) is 16.2 Å². The number of amidine groups is 1. The molecule has 2 aliphatic heterocycles. The van der Waals surface area contributed by atoms with Gasteiger partial charge in [-0.05, 0) is 36.2 Å². The van der Waals surface area contributed by atoms with Crippen molar-refractivity contribution in [2.45, 2.75) is 19.3 Å². The van der Waals surface area contributed by atoms with Gasteiger partial charge in [-0.15, -0.1) is 11.3 Å². The summed E-state index contributed by atoms with van der Waals surface area (Å²) in [5.41, 5.74) is 6.82. The van der Waals surface area contributed by atoms with Gasteiger partial charge in [-0.25, -0.2) is 4.99 Å². The Morgan fingerprint density at radius 3 is 1.70 bits per heavy atom. The number of nitrogens with zero attached hydrogens (tertiary/aromatic N) is 1. The van der Waals surface area contributed by atoms with Gasteiger partial charge in [0.25, 0.3) is 0 Å². The molecular formula is C45H41BN2OS. The lowest BCUT2D eigenvalue weighted by Crippen LogP contribution is -3.13. The molecule has 50 heavy (non-hydrogen) atoms. The summed E-state index contributed by atoms with van der Waals surface area (Å²) >= 11 is 1.71. The minimum atomic E-state index is -1.22. The molecule has 1 N–H and O–H groups in total. The van der Waals surface area contributed by atoms with Crippen LogP contribution in [0.1, 0.15) is 18.4 Å². The molecule has 5 heteroatoms. The van der Waals surface area contributed by atoms with Gasteiger partial charge in [-0.2, -0.15) is 21.9 Å². The number of fused-ring (bicyclic) bond motifs is 3. The summed E-state index contributed by atoms with van der Waals surface area (Å²) in [6.07, 6.45) is 2.18. The zero-order valence-corrected chi connectivity index (χ0v) is 29.1. The number of aliphatic imine (C=N–C) groups is 1. The summed E-state index contributed by atoms with van der Waals surface area (Å²) in [5, 5.41) is 1.72. The fourth-order valence-electron chi connectivity index (χ4n) is 8.46. The highest BCUT2D eigenvalue weighted by Crippen LogP contribution is 2.26. The van der Waals surface area contributed by atoms with Crippen LogP contribution in [0.3, 0.4) is 0 Å². The Kier molecular flexibility index (Phi) is 9.26. The Balaban J connectivity index is 0.000000144. The number of hydrogen-bond donors (Lipinski definition) is 1. The Morgan fingerprint density at radius 1 is 0.620 bits per heavy atom. The Bertz CT molecular complexity index is 2140. The van der Waals surface area contributed by atoms with Crippen molar-refractivity contribution in [1.29, 1.82) is 0 Å². The highest BCUT2D eigenvalue weighted by Gasteiger charge is 2.34. The highest BCUT2D eigenvalue weighted by molar-refractivity contribution is 7.24. The SMILES string of the molecule is O=c1c2ccccc2sc2ccc(CC3CC4=NCCC[NH+]4C3)cc12.c1ccc([B-](c2ccccc2)(c2ccccc2)c2ccccc2)cc1. The van der Waals surface area contributed by atoms with Gasteiger partial charge in [0.15, 0.2) is 11.3 Å². The monoisotopic (exact) mass is 668 g/mol. The summed E-state index contributed by atoms with van der Waals surface area (Å²) in [7, 11) is 0. The van der Waals surface area contributed by atoms with Crippen molar-refractivity contribution in [1.82, 2.24) is 0 Å². The van der Waals surface area contributed by atoms with E-state index in [0.717, 1.165) is 39.6 Å². The van der Waals surface area contributed by atoms with Crippen LogP contribution in [-0.4, -0.2) is 31.6 Å². The first-order chi connectivity index (χ1) is 24.7. The van der Waals surface area contributed by atoms with E-state index in [2.05, 4.69) is 140 Å². The Morgan fingerprint density at radius 2 is 1.14 bits per heavy atom. The van der Waals surface area contributed by atoms with Crippen LogP contribution >= 0.6 is 11.3 Å². The summed E-state index contributed by atoms with van der Waals surface area (Å²) in [6.45, 7) is 3.45. The van der Waals surface area contributed by atoms with Crippen LogP contribution in [0.25, 0.3) is 20.2 Å². The lowest BCUT2D eigenvalue weighted by atomic mass is 9.13. The van der Waals surface area contributed by atoms with Crippen LogP contribution in [0, 0.1) is 5.92 Å². The number of nitrogens with one attached hydrogen (secondary N) is 1. The van der Waals surface area contributed by atoms with E-state index in [9.17, 15) is 4.79 Å². The van der Waals surface area contributed by atoms with E-state index in [1.165, 1.54) is 52.8 Å². The zero-order chi connectivity index (χ0) is 33.8. The fourth-order valence-corrected chi connectivity index (χ4v) is 9.51. The molecule has 1 saturated heterocycles. The first kappa shape index (κ1) is 32.1. The van der Waals surface area contributed by atoms with E-state index < -0.39 is 6.15 Å². The smallest absolute Gasteiger partial charge is 0.197 e. The second kappa shape index (κ2) is 14.4. The topological polar surface area (TPSA) is 33.9 Å². The van der Waals surface area contributed by atoms with Crippen LogP contribution < -0.4 is 32.2 Å². The Labute approximate surface area is 298 Å². The minimum absolute atomic E-state index is 0.171. The molecule has 9 rings (SSSR count). The quantitative estimate of drug-likeness (QED) is 0.179. The number of quaternary nitrogens is 1. The molecule has 0 saturated carbocycles. The van der Waals surface area contributed by atoms with Crippen LogP contribution in [0.2, 0.25) is 0 Å². The maximum atomic E-state index is 12.9. The van der Waals surface area contributed by atoms with Crippen molar-refractivity contribution in [2.24, 2.45) is 10.9 Å². The molecule has 1 fully saturated rings. The standard InChI is InChI=1S/C24H20B.C21H20N2OS/c1-5-13-21(14-6-1)25(22-15-7-2-8-16-22,23-17-9-3-10-18-23)24-19-11-4-12-20-24;24-21-16-4-1-2-5-18(16)25-19-7-6-14(11-17(19)21)10-15-12-20-22-8-3-9-23(20)13-15/h1-20H;1-2,4-7,11,15H,3,8-10,12-13H2/q-1;/p+1. The summed E-state index contributed by atoms with van der Waals surface area (Å²) in [6, 6.07) is 57.9.